The van der Waals surface area contributed by atoms with Gasteiger partial charge in [-0.25, -0.2) is 0 Å². The van der Waals surface area contributed by atoms with Gasteiger partial charge in [-0.15, -0.1) is 0 Å². The highest BCUT2D eigenvalue weighted by Gasteiger charge is 2.16. The molecule has 18 heavy (non-hydrogen) atoms. The van der Waals surface area contributed by atoms with Crippen LogP contribution in [0.25, 0.3) is 0 Å². The number of benzene rings is 2. The first-order valence-corrected chi connectivity index (χ1v) is 6.59. The Morgan fingerprint density at radius 3 is 2.17 bits per heavy atom. The predicted octanol–water partition coefficient (Wildman–Crippen LogP) is 4.01. The number of nitrogens with two attached hydrogens (primary N) is 1. The van der Waals surface area contributed by atoms with E-state index >= 15 is 0 Å². The Kier molecular flexibility index (Phi) is 4.40. The van der Waals surface area contributed by atoms with E-state index in [1.165, 1.54) is 11.1 Å². The van der Waals surface area contributed by atoms with Crippen LogP contribution < -0.4 is 5.73 Å². The second-order valence-electron chi connectivity index (χ2n) is 4.71. The van der Waals surface area contributed by atoms with Crippen molar-refractivity contribution in [2.45, 2.75) is 25.3 Å². The predicted molar refractivity (Wildman–Crippen MR) is 78.0 cm³/mol. The molecule has 0 radical (unpaired) electrons. The van der Waals surface area contributed by atoms with Crippen LogP contribution in [-0.4, -0.2) is 6.04 Å². The smallest absolute Gasteiger partial charge is 0.0406 e. The molecule has 0 saturated heterocycles. The summed E-state index contributed by atoms with van der Waals surface area (Å²) in [7, 11) is 0. The van der Waals surface area contributed by atoms with Gasteiger partial charge in [0, 0.05) is 17.0 Å². The number of halogens is 1. The molecule has 0 aliphatic heterocycles. The topological polar surface area (TPSA) is 26.0 Å². The van der Waals surface area contributed by atoms with Crippen LogP contribution >= 0.6 is 11.6 Å². The summed E-state index contributed by atoms with van der Waals surface area (Å²) in [6.07, 6.45) is 0.943. The van der Waals surface area contributed by atoms with E-state index in [0.29, 0.717) is 5.92 Å². The molecular formula is C16H18ClN. The van der Waals surface area contributed by atoms with Gasteiger partial charge < -0.3 is 5.73 Å². The normalized spacial score (nSPS) is 14.2. The fourth-order valence-electron chi connectivity index (χ4n) is 2.18. The second-order valence-corrected chi connectivity index (χ2v) is 5.14. The minimum atomic E-state index is 0.128. The van der Waals surface area contributed by atoms with Crippen LogP contribution in [0.4, 0.5) is 0 Å². The van der Waals surface area contributed by atoms with Crippen LogP contribution in [0.5, 0.6) is 0 Å². The first kappa shape index (κ1) is 13.1. The van der Waals surface area contributed by atoms with Crippen molar-refractivity contribution in [2.75, 3.05) is 0 Å². The van der Waals surface area contributed by atoms with Crippen LogP contribution in [0, 0.1) is 0 Å². The lowest BCUT2D eigenvalue weighted by molar-refractivity contribution is 0.565. The molecule has 0 aromatic heterocycles. The van der Waals surface area contributed by atoms with Gasteiger partial charge in [-0.05, 0) is 36.6 Å². The summed E-state index contributed by atoms with van der Waals surface area (Å²) < 4.78 is 0. The highest BCUT2D eigenvalue weighted by Crippen LogP contribution is 2.24. The molecule has 2 aromatic rings. The molecule has 0 spiro atoms. The number of rotatable bonds is 4. The minimum absolute atomic E-state index is 0.128. The SMILES string of the molecule is CC(N)[C@@H](Cc1ccc(Cl)cc1)c1ccccc1. The molecule has 0 heterocycles. The zero-order valence-electron chi connectivity index (χ0n) is 10.5. The fourth-order valence-corrected chi connectivity index (χ4v) is 2.31. The first-order valence-electron chi connectivity index (χ1n) is 6.22. The molecule has 0 aliphatic rings. The van der Waals surface area contributed by atoms with E-state index < -0.39 is 0 Å². The highest BCUT2D eigenvalue weighted by atomic mass is 35.5. The summed E-state index contributed by atoms with van der Waals surface area (Å²) in [4.78, 5) is 0. The molecule has 1 nitrogen and oxygen atoms in total. The van der Waals surface area contributed by atoms with Gasteiger partial charge in [0.25, 0.3) is 0 Å². The molecule has 2 aromatic carbocycles. The third-order valence-electron chi connectivity index (χ3n) is 3.23. The lowest BCUT2D eigenvalue weighted by Gasteiger charge is -2.21. The maximum absolute atomic E-state index is 6.12. The van der Waals surface area contributed by atoms with E-state index in [-0.39, 0.29) is 6.04 Å². The zero-order chi connectivity index (χ0) is 13.0. The van der Waals surface area contributed by atoms with E-state index in [9.17, 15) is 0 Å². The monoisotopic (exact) mass is 259 g/mol. The highest BCUT2D eigenvalue weighted by molar-refractivity contribution is 6.30. The maximum atomic E-state index is 6.12. The molecule has 2 heteroatoms. The van der Waals surface area contributed by atoms with Gasteiger partial charge in [-0.2, -0.15) is 0 Å². The molecule has 94 valence electrons. The Morgan fingerprint density at radius 2 is 1.61 bits per heavy atom. The largest absolute Gasteiger partial charge is 0.327 e. The quantitative estimate of drug-likeness (QED) is 0.882. The molecule has 0 saturated carbocycles. The molecular weight excluding hydrogens is 242 g/mol. The third kappa shape index (κ3) is 3.34. The molecule has 1 unspecified atom stereocenters. The molecule has 0 aliphatic carbocycles. The van der Waals surface area contributed by atoms with Gasteiger partial charge in [0.2, 0.25) is 0 Å². The van der Waals surface area contributed by atoms with Crippen molar-refractivity contribution < 1.29 is 0 Å². The lowest BCUT2D eigenvalue weighted by Crippen LogP contribution is -2.26. The average molecular weight is 260 g/mol. The van der Waals surface area contributed by atoms with Crippen LogP contribution in [0.3, 0.4) is 0 Å². The first-order chi connectivity index (χ1) is 8.66. The van der Waals surface area contributed by atoms with Crippen LogP contribution in [0.15, 0.2) is 54.6 Å². The summed E-state index contributed by atoms with van der Waals surface area (Å²) in [5, 5.41) is 0.774. The van der Waals surface area contributed by atoms with E-state index in [0.717, 1.165) is 11.4 Å². The number of hydrogen-bond acceptors (Lipinski definition) is 1. The standard InChI is InChI=1S/C16H18ClN/c1-12(18)16(14-5-3-2-4-6-14)11-13-7-9-15(17)10-8-13/h2-10,12,16H,11,18H2,1H3/t12?,16-/m1/s1. The molecule has 2 rings (SSSR count). The summed E-state index contributed by atoms with van der Waals surface area (Å²) in [6.45, 7) is 2.06. The Bertz CT molecular complexity index is 476. The van der Waals surface area contributed by atoms with Gasteiger partial charge >= 0.3 is 0 Å². The van der Waals surface area contributed by atoms with Gasteiger partial charge in [0.1, 0.15) is 0 Å². The Labute approximate surface area is 114 Å². The zero-order valence-corrected chi connectivity index (χ0v) is 11.3. The van der Waals surface area contributed by atoms with E-state index in [1.807, 2.05) is 18.2 Å². The van der Waals surface area contributed by atoms with Gasteiger partial charge in [0.15, 0.2) is 0 Å². The summed E-state index contributed by atoms with van der Waals surface area (Å²) in [5.41, 5.74) is 8.68. The summed E-state index contributed by atoms with van der Waals surface area (Å²) in [6, 6.07) is 18.6. The maximum Gasteiger partial charge on any atom is 0.0406 e. The van der Waals surface area contributed by atoms with Crippen LogP contribution in [-0.2, 0) is 6.42 Å². The van der Waals surface area contributed by atoms with Crippen molar-refractivity contribution in [3.63, 3.8) is 0 Å². The molecule has 2 atom stereocenters. The van der Waals surface area contributed by atoms with Gasteiger partial charge in [-0.1, -0.05) is 54.1 Å². The van der Waals surface area contributed by atoms with E-state index in [4.69, 9.17) is 17.3 Å². The van der Waals surface area contributed by atoms with Crippen LogP contribution in [0.2, 0.25) is 5.02 Å². The molecule has 2 N–H and O–H groups in total. The molecule has 0 bridgehead atoms. The van der Waals surface area contributed by atoms with Crippen molar-refractivity contribution in [3.8, 4) is 0 Å². The number of hydrogen-bond donors (Lipinski definition) is 1. The van der Waals surface area contributed by atoms with Crippen molar-refractivity contribution in [2.24, 2.45) is 5.73 Å². The summed E-state index contributed by atoms with van der Waals surface area (Å²) in [5.74, 6) is 0.340. The molecule has 0 fully saturated rings. The third-order valence-corrected chi connectivity index (χ3v) is 3.48. The molecule has 0 amide bonds. The van der Waals surface area contributed by atoms with E-state index in [2.05, 4.69) is 43.3 Å². The average Bonchev–Trinajstić information content (AvgIpc) is 2.38. The summed E-state index contributed by atoms with van der Waals surface area (Å²) >= 11 is 5.90. The van der Waals surface area contributed by atoms with Gasteiger partial charge in [-0.3, -0.25) is 0 Å². The fraction of sp³-hybridized carbons (Fsp3) is 0.250. The minimum Gasteiger partial charge on any atom is -0.327 e. The van der Waals surface area contributed by atoms with Crippen LogP contribution in [0.1, 0.15) is 24.0 Å². The van der Waals surface area contributed by atoms with Crippen molar-refractivity contribution >= 4 is 11.6 Å². The Morgan fingerprint density at radius 1 is 1.00 bits per heavy atom. The lowest BCUT2D eigenvalue weighted by atomic mass is 9.87. The van der Waals surface area contributed by atoms with Gasteiger partial charge in [0.05, 0.1) is 0 Å². The van der Waals surface area contributed by atoms with Crippen molar-refractivity contribution in [3.05, 3.63) is 70.7 Å². The van der Waals surface area contributed by atoms with Crippen molar-refractivity contribution in [1.29, 1.82) is 0 Å². The second kappa shape index (κ2) is 6.03. The Hall–Kier alpha value is -1.31. The van der Waals surface area contributed by atoms with E-state index in [1.54, 1.807) is 0 Å². The van der Waals surface area contributed by atoms with Crippen molar-refractivity contribution in [1.82, 2.24) is 0 Å². The Balaban J connectivity index is 2.19.